The van der Waals surface area contributed by atoms with E-state index in [0.29, 0.717) is 31.6 Å². The summed E-state index contributed by atoms with van der Waals surface area (Å²) in [4.78, 5) is 14.5. The maximum atomic E-state index is 12.3. The maximum Gasteiger partial charge on any atom is 0.230 e. The van der Waals surface area contributed by atoms with Crippen molar-refractivity contribution < 1.29 is 14.3 Å². The van der Waals surface area contributed by atoms with Gasteiger partial charge in [-0.05, 0) is 30.5 Å². The Balaban J connectivity index is 1.32. The number of anilines is 1. The van der Waals surface area contributed by atoms with Crippen LogP contribution in [0.5, 0.6) is 5.75 Å². The fraction of sp³-hybridized carbons (Fsp3) is 0.526. The molecule has 1 aliphatic carbocycles. The van der Waals surface area contributed by atoms with Crippen molar-refractivity contribution in [2.24, 2.45) is 0 Å². The maximum absolute atomic E-state index is 12.3. The average molecular weight is 404 g/mol. The van der Waals surface area contributed by atoms with Crippen LogP contribution in [0, 0.1) is 0 Å². The number of hydrogen-bond acceptors (Lipinski definition) is 7. The summed E-state index contributed by atoms with van der Waals surface area (Å²) in [6.45, 7) is 3.59. The van der Waals surface area contributed by atoms with E-state index in [0.717, 1.165) is 48.3 Å². The number of ether oxygens (including phenoxy) is 2. The van der Waals surface area contributed by atoms with Crippen molar-refractivity contribution in [2.45, 2.75) is 30.6 Å². The molecule has 4 rings (SSSR count). The molecule has 1 saturated heterocycles. The van der Waals surface area contributed by atoms with Crippen LogP contribution in [-0.4, -0.2) is 59.8 Å². The van der Waals surface area contributed by atoms with E-state index in [1.54, 1.807) is 7.11 Å². The van der Waals surface area contributed by atoms with Gasteiger partial charge in [-0.25, -0.2) is 0 Å². The zero-order valence-corrected chi connectivity index (χ0v) is 16.8. The standard InChI is InChI=1S/C19H25N5O3S/c1-26-16-6-2-14(3-7-16)12-20-17(25)13-28-19-22-21-18(24(19)15-4-5-15)23-8-10-27-11-9-23/h2-3,6-7,15H,4-5,8-13H2,1H3,(H,20,25). The molecule has 28 heavy (non-hydrogen) atoms. The predicted molar refractivity (Wildman–Crippen MR) is 107 cm³/mol. The number of benzene rings is 1. The van der Waals surface area contributed by atoms with Gasteiger partial charge in [0, 0.05) is 25.7 Å². The van der Waals surface area contributed by atoms with Gasteiger partial charge in [-0.1, -0.05) is 23.9 Å². The summed E-state index contributed by atoms with van der Waals surface area (Å²) in [7, 11) is 1.64. The van der Waals surface area contributed by atoms with E-state index >= 15 is 0 Å². The van der Waals surface area contributed by atoms with Gasteiger partial charge in [0.1, 0.15) is 5.75 Å². The zero-order chi connectivity index (χ0) is 19.3. The number of nitrogens with one attached hydrogen (secondary N) is 1. The molecule has 8 nitrogen and oxygen atoms in total. The number of carbonyl (C=O) groups excluding carboxylic acids is 1. The highest BCUT2D eigenvalue weighted by molar-refractivity contribution is 7.99. The highest BCUT2D eigenvalue weighted by Crippen LogP contribution is 2.41. The average Bonchev–Trinajstić information content (AvgIpc) is 3.50. The van der Waals surface area contributed by atoms with E-state index < -0.39 is 0 Å². The lowest BCUT2D eigenvalue weighted by Crippen LogP contribution is -2.38. The summed E-state index contributed by atoms with van der Waals surface area (Å²) in [5, 5.41) is 12.5. The van der Waals surface area contributed by atoms with Crippen LogP contribution in [0.4, 0.5) is 5.95 Å². The van der Waals surface area contributed by atoms with E-state index in [-0.39, 0.29) is 5.91 Å². The highest BCUT2D eigenvalue weighted by atomic mass is 32.2. The Bertz CT molecular complexity index is 800. The molecule has 0 spiro atoms. The Labute approximate surface area is 168 Å². The molecule has 0 bridgehead atoms. The van der Waals surface area contributed by atoms with Crippen LogP contribution in [-0.2, 0) is 16.1 Å². The Morgan fingerprint density at radius 3 is 2.68 bits per heavy atom. The topological polar surface area (TPSA) is 81.5 Å². The van der Waals surface area contributed by atoms with E-state index in [9.17, 15) is 4.79 Å². The Morgan fingerprint density at radius 1 is 1.25 bits per heavy atom. The molecule has 2 heterocycles. The molecule has 1 aromatic heterocycles. The number of aromatic nitrogens is 3. The summed E-state index contributed by atoms with van der Waals surface area (Å²) in [6, 6.07) is 8.13. The molecule has 1 saturated carbocycles. The van der Waals surface area contributed by atoms with Gasteiger partial charge < -0.3 is 19.7 Å². The zero-order valence-electron chi connectivity index (χ0n) is 16.0. The van der Waals surface area contributed by atoms with Crippen LogP contribution in [0.2, 0.25) is 0 Å². The molecular weight excluding hydrogens is 378 g/mol. The normalized spacial score (nSPS) is 16.8. The van der Waals surface area contributed by atoms with Crippen LogP contribution in [0.15, 0.2) is 29.4 Å². The van der Waals surface area contributed by atoms with Crippen LogP contribution in [0.25, 0.3) is 0 Å². The molecule has 0 radical (unpaired) electrons. The molecule has 2 aliphatic rings. The lowest BCUT2D eigenvalue weighted by Gasteiger charge is -2.27. The van der Waals surface area contributed by atoms with Crippen molar-refractivity contribution >= 4 is 23.6 Å². The molecule has 1 aromatic carbocycles. The third-order valence-electron chi connectivity index (χ3n) is 4.83. The molecule has 1 aliphatic heterocycles. The fourth-order valence-corrected chi connectivity index (χ4v) is 3.95. The monoisotopic (exact) mass is 403 g/mol. The number of hydrogen-bond donors (Lipinski definition) is 1. The number of amides is 1. The lowest BCUT2D eigenvalue weighted by atomic mass is 10.2. The second-order valence-corrected chi connectivity index (χ2v) is 7.84. The smallest absolute Gasteiger partial charge is 0.230 e. The molecule has 0 unspecified atom stereocenters. The van der Waals surface area contributed by atoms with Gasteiger partial charge in [-0.3, -0.25) is 9.36 Å². The van der Waals surface area contributed by atoms with E-state index in [1.807, 2.05) is 24.3 Å². The molecule has 1 amide bonds. The number of morpholine rings is 1. The minimum atomic E-state index is -0.0147. The first-order valence-corrected chi connectivity index (χ1v) is 10.5. The number of carbonyl (C=O) groups is 1. The number of rotatable bonds is 8. The SMILES string of the molecule is COc1ccc(CNC(=O)CSc2nnc(N3CCOCC3)n2C2CC2)cc1. The quantitative estimate of drug-likeness (QED) is 0.674. The van der Waals surface area contributed by atoms with E-state index in [4.69, 9.17) is 9.47 Å². The largest absolute Gasteiger partial charge is 0.497 e. The van der Waals surface area contributed by atoms with Gasteiger partial charge in [-0.15, -0.1) is 10.2 Å². The van der Waals surface area contributed by atoms with Crippen molar-refractivity contribution in [2.75, 3.05) is 44.1 Å². The summed E-state index contributed by atoms with van der Waals surface area (Å²) < 4.78 is 12.8. The molecular formula is C19H25N5O3S. The van der Waals surface area contributed by atoms with Crippen LogP contribution >= 0.6 is 11.8 Å². The molecule has 9 heteroatoms. The number of nitrogens with zero attached hydrogens (tertiary/aromatic N) is 4. The molecule has 150 valence electrons. The van der Waals surface area contributed by atoms with Crippen molar-refractivity contribution in [1.82, 2.24) is 20.1 Å². The molecule has 0 atom stereocenters. The Hall–Kier alpha value is -2.26. The fourth-order valence-electron chi connectivity index (χ4n) is 3.12. The van der Waals surface area contributed by atoms with Gasteiger partial charge in [-0.2, -0.15) is 0 Å². The number of methoxy groups -OCH3 is 1. The van der Waals surface area contributed by atoms with Gasteiger partial charge in [0.25, 0.3) is 0 Å². The first kappa shape index (κ1) is 19.1. The summed E-state index contributed by atoms with van der Waals surface area (Å²) in [5.74, 6) is 2.02. The first-order chi connectivity index (χ1) is 13.7. The van der Waals surface area contributed by atoms with Gasteiger partial charge in [0.2, 0.25) is 11.9 Å². The van der Waals surface area contributed by atoms with Crippen molar-refractivity contribution in [3.8, 4) is 5.75 Å². The van der Waals surface area contributed by atoms with Crippen molar-refractivity contribution in [1.29, 1.82) is 0 Å². The van der Waals surface area contributed by atoms with Gasteiger partial charge in [0.05, 0.1) is 26.1 Å². The summed E-state index contributed by atoms with van der Waals surface area (Å²) in [6.07, 6.45) is 2.29. The lowest BCUT2D eigenvalue weighted by molar-refractivity contribution is -0.118. The highest BCUT2D eigenvalue weighted by Gasteiger charge is 2.32. The van der Waals surface area contributed by atoms with E-state index in [2.05, 4.69) is 25.0 Å². The van der Waals surface area contributed by atoms with Crippen molar-refractivity contribution in [3.63, 3.8) is 0 Å². The van der Waals surface area contributed by atoms with Gasteiger partial charge >= 0.3 is 0 Å². The van der Waals surface area contributed by atoms with Crippen LogP contribution in [0.3, 0.4) is 0 Å². The van der Waals surface area contributed by atoms with Crippen molar-refractivity contribution in [3.05, 3.63) is 29.8 Å². The summed E-state index contributed by atoms with van der Waals surface area (Å²) in [5.41, 5.74) is 1.04. The second-order valence-electron chi connectivity index (χ2n) is 6.90. The second kappa shape index (κ2) is 8.83. The molecule has 1 N–H and O–H groups in total. The Kier molecular flexibility index (Phi) is 6.01. The van der Waals surface area contributed by atoms with E-state index in [1.165, 1.54) is 11.8 Å². The van der Waals surface area contributed by atoms with Gasteiger partial charge in [0.15, 0.2) is 5.16 Å². The first-order valence-electron chi connectivity index (χ1n) is 9.54. The van der Waals surface area contributed by atoms with Crippen LogP contribution < -0.4 is 15.0 Å². The molecule has 2 fully saturated rings. The molecule has 2 aromatic rings. The van der Waals surface area contributed by atoms with Crippen LogP contribution in [0.1, 0.15) is 24.4 Å². The Morgan fingerprint density at radius 2 is 2.00 bits per heavy atom. The third-order valence-corrected chi connectivity index (χ3v) is 5.78. The predicted octanol–water partition coefficient (Wildman–Crippen LogP) is 1.87. The number of thioether (sulfide) groups is 1. The third kappa shape index (κ3) is 4.59. The minimum Gasteiger partial charge on any atom is -0.497 e. The minimum absolute atomic E-state index is 0.0147. The summed E-state index contributed by atoms with van der Waals surface area (Å²) >= 11 is 1.45.